The first-order chi connectivity index (χ1) is 11.4. The predicted molar refractivity (Wildman–Crippen MR) is 98.5 cm³/mol. The van der Waals surface area contributed by atoms with E-state index in [1.165, 1.54) is 11.8 Å². The summed E-state index contributed by atoms with van der Waals surface area (Å²) in [6.07, 6.45) is 0. The molecule has 0 radical (unpaired) electrons. The highest BCUT2D eigenvalue weighted by Gasteiger charge is 2.17. The van der Waals surface area contributed by atoms with E-state index in [1.807, 2.05) is 25.1 Å². The molecule has 0 atom stereocenters. The zero-order valence-electron chi connectivity index (χ0n) is 13.8. The van der Waals surface area contributed by atoms with Crippen molar-refractivity contribution in [1.29, 1.82) is 0 Å². The number of hydrogen-bond donors (Lipinski definition) is 1. The van der Waals surface area contributed by atoms with Gasteiger partial charge in [0.05, 0.1) is 12.8 Å². The van der Waals surface area contributed by atoms with Gasteiger partial charge in [0.15, 0.2) is 0 Å². The highest BCUT2D eigenvalue weighted by molar-refractivity contribution is 9.10. The first kappa shape index (κ1) is 18.0. The molecule has 0 spiro atoms. The molecule has 0 unspecified atom stereocenters. The minimum atomic E-state index is -0.280. The standard InChI is InChI=1S/C18H19BrN2O3/c1-12-7-8-17(16(19)9-12)20-18(23)11-21(13(2)22)14-5-4-6-15(10-14)24-3/h4-10H,11H2,1-3H3,(H,20,23). The molecule has 0 aliphatic carbocycles. The summed E-state index contributed by atoms with van der Waals surface area (Å²) in [6.45, 7) is 3.31. The Morgan fingerprint density at radius 2 is 1.96 bits per heavy atom. The Labute approximate surface area is 149 Å². The third kappa shape index (κ3) is 4.58. The monoisotopic (exact) mass is 390 g/mol. The van der Waals surface area contributed by atoms with Crippen LogP contribution in [0.1, 0.15) is 12.5 Å². The number of anilines is 2. The van der Waals surface area contributed by atoms with Gasteiger partial charge in [-0.15, -0.1) is 0 Å². The van der Waals surface area contributed by atoms with E-state index in [2.05, 4.69) is 21.2 Å². The zero-order chi connectivity index (χ0) is 17.7. The fraction of sp³-hybridized carbons (Fsp3) is 0.222. The Kier molecular flexibility index (Phi) is 5.98. The lowest BCUT2D eigenvalue weighted by Crippen LogP contribution is -2.36. The van der Waals surface area contributed by atoms with Gasteiger partial charge in [-0.3, -0.25) is 9.59 Å². The van der Waals surface area contributed by atoms with Crippen molar-refractivity contribution in [3.05, 3.63) is 52.5 Å². The molecule has 2 rings (SSSR count). The normalized spacial score (nSPS) is 10.2. The number of ether oxygens (including phenoxy) is 1. The van der Waals surface area contributed by atoms with Gasteiger partial charge in [-0.05, 0) is 52.7 Å². The molecule has 1 N–H and O–H groups in total. The van der Waals surface area contributed by atoms with E-state index < -0.39 is 0 Å². The Hall–Kier alpha value is -2.34. The van der Waals surface area contributed by atoms with Crippen LogP contribution in [0.15, 0.2) is 46.9 Å². The maximum atomic E-state index is 12.3. The van der Waals surface area contributed by atoms with Crippen LogP contribution < -0.4 is 15.0 Å². The molecule has 0 heterocycles. The molecule has 2 amide bonds. The van der Waals surface area contributed by atoms with Crippen LogP contribution in [-0.2, 0) is 9.59 Å². The second-order valence-corrected chi connectivity index (χ2v) is 6.19. The number of halogens is 1. The molecule has 0 saturated heterocycles. The van der Waals surface area contributed by atoms with E-state index in [0.29, 0.717) is 17.1 Å². The van der Waals surface area contributed by atoms with Crippen LogP contribution in [0, 0.1) is 6.92 Å². The summed E-state index contributed by atoms with van der Waals surface area (Å²) in [6, 6.07) is 12.7. The van der Waals surface area contributed by atoms with Gasteiger partial charge in [0.25, 0.3) is 0 Å². The third-order valence-electron chi connectivity index (χ3n) is 3.45. The second kappa shape index (κ2) is 7.97. The summed E-state index contributed by atoms with van der Waals surface area (Å²) in [4.78, 5) is 25.7. The van der Waals surface area contributed by atoms with Crippen LogP contribution in [-0.4, -0.2) is 25.5 Å². The SMILES string of the molecule is COc1cccc(N(CC(=O)Nc2ccc(C)cc2Br)C(C)=O)c1. The van der Waals surface area contributed by atoms with Crippen molar-refractivity contribution < 1.29 is 14.3 Å². The number of rotatable bonds is 5. The summed E-state index contributed by atoms with van der Waals surface area (Å²) in [5.74, 6) is 0.124. The molecule has 0 aliphatic heterocycles. The molecule has 2 aromatic carbocycles. The second-order valence-electron chi connectivity index (χ2n) is 5.34. The van der Waals surface area contributed by atoms with Crippen LogP contribution in [0.3, 0.4) is 0 Å². The molecule has 2 aromatic rings. The van der Waals surface area contributed by atoms with E-state index in [0.717, 1.165) is 10.0 Å². The molecule has 0 aliphatic rings. The Bertz CT molecular complexity index is 762. The Morgan fingerprint density at radius 1 is 1.21 bits per heavy atom. The van der Waals surface area contributed by atoms with Gasteiger partial charge in [0, 0.05) is 23.2 Å². The molecule has 0 aromatic heterocycles. The zero-order valence-corrected chi connectivity index (χ0v) is 15.4. The van der Waals surface area contributed by atoms with Crippen molar-refractivity contribution in [2.45, 2.75) is 13.8 Å². The first-order valence-electron chi connectivity index (χ1n) is 7.39. The quantitative estimate of drug-likeness (QED) is 0.845. The number of amides is 2. The van der Waals surface area contributed by atoms with E-state index in [9.17, 15) is 9.59 Å². The fourth-order valence-electron chi connectivity index (χ4n) is 2.22. The van der Waals surface area contributed by atoms with E-state index in [-0.39, 0.29) is 18.4 Å². The predicted octanol–water partition coefficient (Wildman–Crippen LogP) is 3.76. The number of methoxy groups -OCH3 is 1. The summed E-state index contributed by atoms with van der Waals surface area (Å²) in [7, 11) is 1.55. The van der Waals surface area contributed by atoms with E-state index >= 15 is 0 Å². The topological polar surface area (TPSA) is 58.6 Å². The lowest BCUT2D eigenvalue weighted by molar-refractivity contribution is -0.120. The maximum absolute atomic E-state index is 12.3. The van der Waals surface area contributed by atoms with Gasteiger partial charge in [0.2, 0.25) is 11.8 Å². The molecular weight excluding hydrogens is 372 g/mol. The van der Waals surface area contributed by atoms with Crippen molar-refractivity contribution in [2.75, 3.05) is 23.9 Å². The Morgan fingerprint density at radius 3 is 2.58 bits per heavy atom. The fourth-order valence-corrected chi connectivity index (χ4v) is 2.81. The number of carbonyl (C=O) groups excluding carboxylic acids is 2. The van der Waals surface area contributed by atoms with Gasteiger partial charge < -0.3 is 15.0 Å². The summed E-state index contributed by atoms with van der Waals surface area (Å²) < 4.78 is 5.97. The molecular formula is C18H19BrN2O3. The number of benzene rings is 2. The van der Waals surface area contributed by atoms with Crippen LogP contribution in [0.2, 0.25) is 0 Å². The highest BCUT2D eigenvalue weighted by atomic mass is 79.9. The average Bonchev–Trinajstić information content (AvgIpc) is 2.55. The summed E-state index contributed by atoms with van der Waals surface area (Å²) in [5, 5.41) is 2.81. The van der Waals surface area contributed by atoms with E-state index in [1.54, 1.807) is 31.4 Å². The molecule has 0 fully saturated rings. The van der Waals surface area contributed by atoms with Gasteiger partial charge in [-0.2, -0.15) is 0 Å². The van der Waals surface area contributed by atoms with Gasteiger partial charge in [0.1, 0.15) is 12.3 Å². The number of carbonyl (C=O) groups is 2. The van der Waals surface area contributed by atoms with Crippen molar-refractivity contribution in [3.63, 3.8) is 0 Å². The average molecular weight is 391 g/mol. The van der Waals surface area contributed by atoms with Crippen LogP contribution in [0.4, 0.5) is 11.4 Å². The van der Waals surface area contributed by atoms with Gasteiger partial charge >= 0.3 is 0 Å². The molecule has 0 saturated carbocycles. The van der Waals surface area contributed by atoms with Crippen molar-refractivity contribution in [2.24, 2.45) is 0 Å². The lowest BCUT2D eigenvalue weighted by atomic mass is 10.2. The van der Waals surface area contributed by atoms with Gasteiger partial charge in [-0.25, -0.2) is 0 Å². The molecule has 5 nitrogen and oxygen atoms in total. The van der Waals surface area contributed by atoms with Crippen molar-refractivity contribution >= 4 is 39.1 Å². The third-order valence-corrected chi connectivity index (χ3v) is 4.10. The minimum absolute atomic E-state index is 0.0805. The van der Waals surface area contributed by atoms with E-state index in [4.69, 9.17) is 4.74 Å². The molecule has 6 heteroatoms. The highest BCUT2D eigenvalue weighted by Crippen LogP contribution is 2.24. The van der Waals surface area contributed by atoms with Crippen molar-refractivity contribution in [3.8, 4) is 5.75 Å². The molecule has 126 valence electrons. The maximum Gasteiger partial charge on any atom is 0.244 e. The van der Waals surface area contributed by atoms with Crippen LogP contribution >= 0.6 is 15.9 Å². The van der Waals surface area contributed by atoms with Crippen LogP contribution in [0.25, 0.3) is 0 Å². The van der Waals surface area contributed by atoms with Crippen molar-refractivity contribution in [1.82, 2.24) is 0 Å². The minimum Gasteiger partial charge on any atom is -0.497 e. The number of hydrogen-bond acceptors (Lipinski definition) is 3. The first-order valence-corrected chi connectivity index (χ1v) is 8.18. The lowest BCUT2D eigenvalue weighted by Gasteiger charge is -2.21. The summed E-state index contributed by atoms with van der Waals surface area (Å²) >= 11 is 3.42. The smallest absolute Gasteiger partial charge is 0.244 e. The van der Waals surface area contributed by atoms with Gasteiger partial charge in [-0.1, -0.05) is 12.1 Å². The molecule has 0 bridgehead atoms. The summed E-state index contributed by atoms with van der Waals surface area (Å²) in [5.41, 5.74) is 2.36. The number of aryl methyl sites for hydroxylation is 1. The largest absolute Gasteiger partial charge is 0.497 e. The Balaban J connectivity index is 2.15. The molecule has 24 heavy (non-hydrogen) atoms. The van der Waals surface area contributed by atoms with Crippen LogP contribution in [0.5, 0.6) is 5.75 Å². The number of nitrogens with one attached hydrogen (secondary N) is 1. The number of nitrogens with zero attached hydrogens (tertiary/aromatic N) is 1.